The Kier molecular flexibility index (Phi) is 2.22. The van der Waals surface area contributed by atoms with Gasteiger partial charge in [0.1, 0.15) is 5.78 Å². The van der Waals surface area contributed by atoms with Crippen molar-refractivity contribution in [3.05, 3.63) is 0 Å². The first-order valence-electron chi connectivity index (χ1n) is 4.18. The number of rotatable bonds is 3. The molecule has 0 aromatic heterocycles. The number of ketones is 1. The van der Waals surface area contributed by atoms with E-state index in [4.69, 9.17) is 5.11 Å². The Morgan fingerprint density at radius 1 is 1.58 bits per heavy atom. The van der Waals surface area contributed by atoms with Crippen molar-refractivity contribution in [3.63, 3.8) is 0 Å². The third-order valence-electron chi connectivity index (χ3n) is 2.89. The summed E-state index contributed by atoms with van der Waals surface area (Å²) in [7, 11) is 0. The molecule has 1 aliphatic rings. The Morgan fingerprint density at radius 2 is 2.17 bits per heavy atom. The van der Waals surface area contributed by atoms with Gasteiger partial charge in [0.15, 0.2) is 0 Å². The highest BCUT2D eigenvalue weighted by molar-refractivity contribution is 5.81. The number of carbonyl (C=O) groups is 2. The summed E-state index contributed by atoms with van der Waals surface area (Å²) in [4.78, 5) is 21.5. The molecule has 1 aliphatic carbocycles. The molecule has 2 atom stereocenters. The van der Waals surface area contributed by atoms with Gasteiger partial charge < -0.3 is 5.11 Å². The summed E-state index contributed by atoms with van der Waals surface area (Å²) in [5.41, 5.74) is -0.266. The molecule has 0 aromatic rings. The second kappa shape index (κ2) is 2.88. The maximum atomic E-state index is 11.0. The third kappa shape index (κ3) is 1.49. The van der Waals surface area contributed by atoms with E-state index in [2.05, 4.69) is 0 Å². The summed E-state index contributed by atoms with van der Waals surface area (Å²) < 4.78 is 0. The van der Waals surface area contributed by atoms with Crippen LogP contribution in [-0.2, 0) is 9.59 Å². The van der Waals surface area contributed by atoms with Crippen molar-refractivity contribution in [3.8, 4) is 0 Å². The van der Waals surface area contributed by atoms with Gasteiger partial charge >= 0.3 is 5.97 Å². The van der Waals surface area contributed by atoms with Crippen molar-refractivity contribution in [1.29, 1.82) is 0 Å². The Morgan fingerprint density at radius 3 is 2.42 bits per heavy atom. The summed E-state index contributed by atoms with van der Waals surface area (Å²) >= 11 is 0. The van der Waals surface area contributed by atoms with E-state index in [1.807, 2.05) is 6.92 Å². The first-order chi connectivity index (χ1) is 5.46. The predicted octanol–water partition coefficient (Wildman–Crippen LogP) is 1.47. The number of carbonyl (C=O) groups excluding carboxylic acids is 1. The fourth-order valence-corrected chi connectivity index (χ4v) is 2.03. The van der Waals surface area contributed by atoms with Gasteiger partial charge in [-0.15, -0.1) is 0 Å². The molecule has 0 saturated heterocycles. The molecule has 0 unspecified atom stereocenters. The van der Waals surface area contributed by atoms with Crippen LogP contribution in [0.1, 0.15) is 33.1 Å². The third-order valence-corrected chi connectivity index (χ3v) is 2.89. The molecule has 1 saturated carbocycles. The van der Waals surface area contributed by atoms with E-state index in [0.717, 1.165) is 12.8 Å². The monoisotopic (exact) mass is 170 g/mol. The zero-order valence-electron chi connectivity index (χ0n) is 7.46. The smallest absolute Gasteiger partial charge is 0.303 e. The standard InChI is InChI=1S/C9H14O3/c1-6(10)7-3-4-9(7,2)5-8(11)12/h7H,3-5H2,1-2H3,(H,11,12)/t7-,9+/m0/s1. The summed E-state index contributed by atoms with van der Waals surface area (Å²) in [6.07, 6.45) is 1.85. The fourth-order valence-electron chi connectivity index (χ4n) is 2.03. The lowest BCUT2D eigenvalue weighted by molar-refractivity contribution is -0.145. The Hall–Kier alpha value is -0.860. The van der Waals surface area contributed by atoms with Crippen LogP contribution in [0.5, 0.6) is 0 Å². The van der Waals surface area contributed by atoms with Gasteiger partial charge in [-0.3, -0.25) is 9.59 Å². The Balaban J connectivity index is 2.60. The van der Waals surface area contributed by atoms with Crippen LogP contribution in [0.4, 0.5) is 0 Å². The summed E-state index contributed by atoms with van der Waals surface area (Å²) in [6, 6.07) is 0. The molecule has 1 fully saturated rings. The van der Waals surface area contributed by atoms with E-state index in [0.29, 0.717) is 0 Å². The minimum atomic E-state index is -0.802. The maximum absolute atomic E-state index is 11.0. The fraction of sp³-hybridized carbons (Fsp3) is 0.778. The second-order valence-corrected chi connectivity index (χ2v) is 3.93. The number of hydrogen-bond acceptors (Lipinski definition) is 2. The molecule has 3 heteroatoms. The lowest BCUT2D eigenvalue weighted by Gasteiger charge is -2.44. The zero-order chi connectivity index (χ0) is 9.35. The molecule has 68 valence electrons. The van der Waals surface area contributed by atoms with E-state index in [9.17, 15) is 9.59 Å². The van der Waals surface area contributed by atoms with Crippen molar-refractivity contribution in [2.45, 2.75) is 33.1 Å². The highest BCUT2D eigenvalue weighted by Gasteiger charge is 2.46. The lowest BCUT2D eigenvalue weighted by atomic mass is 9.58. The van der Waals surface area contributed by atoms with Crippen molar-refractivity contribution in [2.75, 3.05) is 0 Å². The molecule has 0 aliphatic heterocycles. The molecule has 3 nitrogen and oxygen atoms in total. The van der Waals surface area contributed by atoms with Crippen LogP contribution in [0.2, 0.25) is 0 Å². The van der Waals surface area contributed by atoms with Crippen LogP contribution >= 0.6 is 0 Å². The SMILES string of the molecule is CC(=O)[C@@H]1CC[C@]1(C)CC(=O)O. The molecule has 0 radical (unpaired) electrons. The number of aliphatic carboxylic acids is 1. The zero-order valence-corrected chi connectivity index (χ0v) is 7.46. The maximum Gasteiger partial charge on any atom is 0.303 e. The van der Waals surface area contributed by atoms with Crippen LogP contribution in [0.25, 0.3) is 0 Å². The van der Waals surface area contributed by atoms with Gasteiger partial charge in [0, 0.05) is 5.92 Å². The van der Waals surface area contributed by atoms with Gasteiger partial charge in [0.25, 0.3) is 0 Å². The summed E-state index contributed by atoms with van der Waals surface area (Å²) in [5, 5.41) is 8.60. The van der Waals surface area contributed by atoms with Gasteiger partial charge in [0.05, 0.1) is 6.42 Å². The number of carboxylic acids is 1. The highest BCUT2D eigenvalue weighted by Crippen LogP contribution is 2.49. The molecular weight excluding hydrogens is 156 g/mol. The van der Waals surface area contributed by atoms with Crippen LogP contribution in [-0.4, -0.2) is 16.9 Å². The lowest BCUT2D eigenvalue weighted by Crippen LogP contribution is -2.43. The Labute approximate surface area is 71.8 Å². The highest BCUT2D eigenvalue weighted by atomic mass is 16.4. The minimum absolute atomic E-state index is 0.0198. The molecule has 1 rings (SSSR count). The Bertz CT molecular complexity index is 222. The van der Waals surface area contributed by atoms with Crippen molar-refractivity contribution < 1.29 is 14.7 Å². The molecule has 0 bridgehead atoms. The van der Waals surface area contributed by atoms with E-state index in [-0.39, 0.29) is 23.5 Å². The van der Waals surface area contributed by atoms with E-state index >= 15 is 0 Å². The summed E-state index contributed by atoms with van der Waals surface area (Å²) in [6.45, 7) is 3.43. The normalized spacial score (nSPS) is 34.0. The van der Waals surface area contributed by atoms with Gasteiger partial charge in [-0.05, 0) is 25.2 Å². The molecule has 0 spiro atoms. The number of Topliss-reactive ketones (excluding diaryl/α,β-unsaturated/α-hetero) is 1. The second-order valence-electron chi connectivity index (χ2n) is 3.93. The van der Waals surface area contributed by atoms with Crippen LogP contribution < -0.4 is 0 Å². The van der Waals surface area contributed by atoms with Crippen LogP contribution in [0, 0.1) is 11.3 Å². The topological polar surface area (TPSA) is 54.4 Å². The first-order valence-corrected chi connectivity index (χ1v) is 4.18. The van der Waals surface area contributed by atoms with Crippen molar-refractivity contribution in [2.24, 2.45) is 11.3 Å². The van der Waals surface area contributed by atoms with Gasteiger partial charge in [-0.25, -0.2) is 0 Å². The predicted molar refractivity (Wildman–Crippen MR) is 43.8 cm³/mol. The molecule has 12 heavy (non-hydrogen) atoms. The first kappa shape index (κ1) is 9.23. The quantitative estimate of drug-likeness (QED) is 0.697. The molecule has 0 amide bonds. The summed E-state index contributed by atoms with van der Waals surface area (Å²) in [5.74, 6) is -0.693. The molecule has 1 N–H and O–H groups in total. The molecule has 0 heterocycles. The van der Waals surface area contributed by atoms with Gasteiger partial charge in [-0.1, -0.05) is 6.92 Å². The molecular formula is C9H14O3. The van der Waals surface area contributed by atoms with E-state index in [1.165, 1.54) is 0 Å². The van der Waals surface area contributed by atoms with Crippen molar-refractivity contribution in [1.82, 2.24) is 0 Å². The van der Waals surface area contributed by atoms with Crippen LogP contribution in [0.3, 0.4) is 0 Å². The largest absolute Gasteiger partial charge is 0.481 e. The van der Waals surface area contributed by atoms with Crippen LogP contribution in [0.15, 0.2) is 0 Å². The van der Waals surface area contributed by atoms with E-state index < -0.39 is 5.97 Å². The number of carboxylic acid groups (broad SMARTS) is 1. The van der Waals surface area contributed by atoms with E-state index in [1.54, 1.807) is 6.92 Å². The average molecular weight is 170 g/mol. The average Bonchev–Trinajstić information content (AvgIpc) is 1.82. The van der Waals surface area contributed by atoms with Gasteiger partial charge in [-0.2, -0.15) is 0 Å². The molecule has 0 aromatic carbocycles. The van der Waals surface area contributed by atoms with Crippen molar-refractivity contribution >= 4 is 11.8 Å². The minimum Gasteiger partial charge on any atom is -0.481 e. The van der Waals surface area contributed by atoms with Gasteiger partial charge in [0.2, 0.25) is 0 Å². The number of hydrogen-bond donors (Lipinski definition) is 1.